The Hall–Kier alpha value is -3.52. The molecule has 0 saturated carbocycles. The first kappa shape index (κ1) is 28.1. The van der Waals surface area contributed by atoms with Gasteiger partial charge in [-0.3, -0.25) is 24.7 Å². The molecule has 8 nitrogen and oxygen atoms in total. The first-order valence-corrected chi connectivity index (χ1v) is 13.0. The number of nitrogens with two attached hydrogens (primary N) is 1. The highest BCUT2D eigenvalue weighted by Crippen LogP contribution is 2.32. The number of amides is 1. The smallest absolute Gasteiger partial charge is 0.307 e. The van der Waals surface area contributed by atoms with E-state index in [-0.39, 0.29) is 35.8 Å². The minimum absolute atomic E-state index is 0.00692. The van der Waals surface area contributed by atoms with Crippen molar-refractivity contribution in [2.75, 3.05) is 19.7 Å². The molecule has 1 saturated heterocycles. The van der Waals surface area contributed by atoms with Crippen LogP contribution >= 0.6 is 0 Å². The number of nitrogens with one attached hydrogen (secondary N) is 2. The van der Waals surface area contributed by atoms with Crippen LogP contribution in [0.4, 0.5) is 0 Å². The zero-order valence-corrected chi connectivity index (χ0v) is 21.7. The SMILES string of the molecule is CCOC(=O)CCN1CC[C@H](c2ccccc2)C[C@@H]1C(=O)N[C@@H](C)C(=O)CCc1ccc(C(=N)N)cc1. The number of carbonyl (C=O) groups is 3. The van der Waals surface area contributed by atoms with Gasteiger partial charge in [0.05, 0.1) is 25.1 Å². The molecule has 0 aliphatic carbocycles. The number of piperidine rings is 1. The summed E-state index contributed by atoms with van der Waals surface area (Å²) < 4.78 is 5.07. The predicted molar refractivity (Wildman–Crippen MR) is 143 cm³/mol. The summed E-state index contributed by atoms with van der Waals surface area (Å²) in [6.07, 6.45) is 2.59. The lowest BCUT2D eigenvalue weighted by Crippen LogP contribution is -2.54. The molecular weight excluding hydrogens is 468 g/mol. The standard InChI is InChI=1S/C29H38N4O4/c1-3-37-27(35)16-18-33-17-15-24(22-7-5-4-6-8-22)19-25(33)29(36)32-20(2)26(34)14-11-21-9-12-23(13-10-21)28(30)31/h4-10,12-13,20,24-25H,3,11,14-19H2,1-2H3,(H3,30,31)(H,32,36)/t20-,24-,25+/m0/s1. The van der Waals surface area contributed by atoms with Crippen molar-refractivity contribution in [2.24, 2.45) is 5.73 Å². The Morgan fingerprint density at radius 1 is 1.11 bits per heavy atom. The molecule has 1 aliphatic heterocycles. The van der Waals surface area contributed by atoms with Gasteiger partial charge in [-0.2, -0.15) is 0 Å². The van der Waals surface area contributed by atoms with Gasteiger partial charge in [-0.1, -0.05) is 54.6 Å². The lowest BCUT2D eigenvalue weighted by atomic mass is 9.84. The van der Waals surface area contributed by atoms with Crippen LogP contribution in [0.5, 0.6) is 0 Å². The second kappa shape index (κ2) is 13.7. The largest absolute Gasteiger partial charge is 0.466 e. The van der Waals surface area contributed by atoms with Gasteiger partial charge in [-0.15, -0.1) is 0 Å². The molecule has 2 aromatic carbocycles. The number of carbonyl (C=O) groups excluding carboxylic acids is 3. The average Bonchev–Trinajstić information content (AvgIpc) is 2.91. The van der Waals surface area contributed by atoms with Crippen LogP contribution in [0, 0.1) is 5.41 Å². The Morgan fingerprint density at radius 3 is 2.46 bits per heavy atom. The van der Waals surface area contributed by atoms with E-state index in [1.807, 2.05) is 35.2 Å². The minimum atomic E-state index is -0.618. The van der Waals surface area contributed by atoms with Crippen LogP contribution in [0.15, 0.2) is 54.6 Å². The van der Waals surface area contributed by atoms with Gasteiger partial charge >= 0.3 is 5.97 Å². The first-order chi connectivity index (χ1) is 17.8. The third-order valence-corrected chi connectivity index (χ3v) is 6.96. The van der Waals surface area contributed by atoms with E-state index < -0.39 is 12.1 Å². The quantitative estimate of drug-likeness (QED) is 0.231. The number of esters is 1. The van der Waals surface area contributed by atoms with E-state index in [1.165, 1.54) is 5.56 Å². The van der Waals surface area contributed by atoms with Crippen LogP contribution in [-0.4, -0.2) is 60.2 Å². The molecule has 2 aromatic rings. The van der Waals surface area contributed by atoms with E-state index in [2.05, 4.69) is 17.4 Å². The van der Waals surface area contributed by atoms with E-state index in [0.29, 0.717) is 44.5 Å². The molecule has 0 bridgehead atoms. The number of likely N-dealkylation sites (tertiary alicyclic amines) is 1. The number of rotatable bonds is 12. The Labute approximate surface area is 219 Å². The number of ether oxygens (including phenoxy) is 1. The number of aryl methyl sites for hydroxylation is 1. The molecule has 4 N–H and O–H groups in total. The fourth-order valence-corrected chi connectivity index (χ4v) is 4.78. The highest BCUT2D eigenvalue weighted by molar-refractivity contribution is 5.95. The summed E-state index contributed by atoms with van der Waals surface area (Å²) in [7, 11) is 0. The molecular formula is C29H38N4O4. The fourth-order valence-electron chi connectivity index (χ4n) is 4.78. The van der Waals surface area contributed by atoms with Crippen molar-refractivity contribution in [1.29, 1.82) is 5.41 Å². The van der Waals surface area contributed by atoms with Crippen LogP contribution in [0.25, 0.3) is 0 Å². The molecule has 1 aliphatic rings. The summed E-state index contributed by atoms with van der Waals surface area (Å²) in [5.74, 6) is -0.257. The maximum atomic E-state index is 13.4. The van der Waals surface area contributed by atoms with Crippen molar-refractivity contribution in [2.45, 2.75) is 64.0 Å². The molecule has 37 heavy (non-hydrogen) atoms. The number of Topliss-reactive ketones (excluding diaryl/α,β-unsaturated/α-hetero) is 1. The highest BCUT2D eigenvalue weighted by Gasteiger charge is 2.35. The van der Waals surface area contributed by atoms with Crippen molar-refractivity contribution in [3.8, 4) is 0 Å². The summed E-state index contributed by atoms with van der Waals surface area (Å²) in [6, 6.07) is 16.4. The van der Waals surface area contributed by atoms with Crippen LogP contribution in [0.2, 0.25) is 0 Å². The molecule has 8 heteroatoms. The van der Waals surface area contributed by atoms with E-state index in [1.54, 1.807) is 26.0 Å². The topological polar surface area (TPSA) is 126 Å². The predicted octanol–water partition coefficient (Wildman–Crippen LogP) is 3.18. The van der Waals surface area contributed by atoms with Gasteiger partial charge in [0.2, 0.25) is 5.91 Å². The van der Waals surface area contributed by atoms with Crippen molar-refractivity contribution in [3.05, 3.63) is 71.3 Å². The Morgan fingerprint density at radius 2 is 1.81 bits per heavy atom. The van der Waals surface area contributed by atoms with Crippen LogP contribution in [-0.2, 0) is 25.5 Å². The van der Waals surface area contributed by atoms with Crippen LogP contribution < -0.4 is 11.1 Å². The maximum Gasteiger partial charge on any atom is 0.307 e. The van der Waals surface area contributed by atoms with E-state index in [0.717, 1.165) is 12.0 Å². The number of hydrogen-bond acceptors (Lipinski definition) is 6. The minimum Gasteiger partial charge on any atom is -0.466 e. The van der Waals surface area contributed by atoms with Gasteiger partial charge in [-0.05, 0) is 56.7 Å². The average molecular weight is 507 g/mol. The van der Waals surface area contributed by atoms with E-state index in [9.17, 15) is 14.4 Å². The molecule has 0 unspecified atom stereocenters. The van der Waals surface area contributed by atoms with Gasteiger partial charge in [0, 0.05) is 18.5 Å². The Bertz CT molecular complexity index is 1070. The summed E-state index contributed by atoms with van der Waals surface area (Å²) in [6.45, 7) is 4.96. The number of nitrogen functional groups attached to an aromatic ring is 1. The van der Waals surface area contributed by atoms with Gasteiger partial charge in [-0.25, -0.2) is 0 Å². The van der Waals surface area contributed by atoms with Crippen LogP contribution in [0.3, 0.4) is 0 Å². The van der Waals surface area contributed by atoms with Gasteiger partial charge in [0.25, 0.3) is 0 Å². The number of hydrogen-bond donors (Lipinski definition) is 3. The summed E-state index contributed by atoms with van der Waals surface area (Å²) in [5.41, 5.74) is 8.31. The molecule has 1 fully saturated rings. The van der Waals surface area contributed by atoms with Crippen molar-refractivity contribution in [1.82, 2.24) is 10.2 Å². The summed E-state index contributed by atoms with van der Waals surface area (Å²) >= 11 is 0. The molecule has 0 aromatic heterocycles. The van der Waals surface area contributed by atoms with Gasteiger partial charge in [0.1, 0.15) is 5.84 Å². The molecule has 198 valence electrons. The third kappa shape index (κ3) is 8.25. The van der Waals surface area contributed by atoms with Crippen molar-refractivity contribution < 1.29 is 19.1 Å². The number of amidine groups is 1. The van der Waals surface area contributed by atoms with Crippen molar-refractivity contribution in [3.63, 3.8) is 0 Å². The normalized spacial score (nSPS) is 18.5. The molecule has 1 heterocycles. The Balaban J connectivity index is 1.60. The summed E-state index contributed by atoms with van der Waals surface area (Å²) in [4.78, 5) is 40.2. The van der Waals surface area contributed by atoms with E-state index >= 15 is 0 Å². The van der Waals surface area contributed by atoms with Gasteiger partial charge in [0.15, 0.2) is 5.78 Å². The molecule has 0 spiro atoms. The molecule has 3 atom stereocenters. The zero-order valence-electron chi connectivity index (χ0n) is 21.7. The molecule has 3 rings (SSSR count). The molecule has 0 radical (unpaired) electrons. The van der Waals surface area contributed by atoms with Gasteiger partial charge < -0.3 is 15.8 Å². The number of nitrogens with zero attached hydrogens (tertiary/aromatic N) is 1. The molecule has 1 amide bonds. The third-order valence-electron chi connectivity index (χ3n) is 6.96. The lowest BCUT2D eigenvalue weighted by molar-refractivity contribution is -0.144. The fraction of sp³-hybridized carbons (Fsp3) is 0.448. The number of ketones is 1. The maximum absolute atomic E-state index is 13.4. The number of benzene rings is 2. The second-order valence-electron chi connectivity index (χ2n) is 9.55. The first-order valence-electron chi connectivity index (χ1n) is 13.0. The van der Waals surface area contributed by atoms with Crippen LogP contribution in [0.1, 0.15) is 62.1 Å². The lowest BCUT2D eigenvalue weighted by Gasteiger charge is -2.39. The second-order valence-corrected chi connectivity index (χ2v) is 9.55. The summed E-state index contributed by atoms with van der Waals surface area (Å²) in [5, 5.41) is 10.4. The van der Waals surface area contributed by atoms with Crippen molar-refractivity contribution >= 4 is 23.5 Å². The van der Waals surface area contributed by atoms with E-state index in [4.69, 9.17) is 15.9 Å². The Kier molecular flexibility index (Phi) is 10.4. The highest BCUT2D eigenvalue weighted by atomic mass is 16.5. The zero-order chi connectivity index (χ0) is 26.8. The monoisotopic (exact) mass is 506 g/mol.